The van der Waals surface area contributed by atoms with Crippen LogP contribution in [0, 0.1) is 5.41 Å². The van der Waals surface area contributed by atoms with Crippen molar-refractivity contribution in [2.45, 2.75) is 33.7 Å². The van der Waals surface area contributed by atoms with E-state index in [9.17, 15) is 4.79 Å². The second kappa shape index (κ2) is 9.34. The number of quaternary nitrogens is 1. The number of nitrogens with zero attached hydrogens (tertiary/aromatic N) is 3. The van der Waals surface area contributed by atoms with Gasteiger partial charge < -0.3 is 14.5 Å². The van der Waals surface area contributed by atoms with E-state index in [-0.39, 0.29) is 11.3 Å². The van der Waals surface area contributed by atoms with E-state index in [1.165, 1.54) is 4.90 Å². The minimum Gasteiger partial charge on any atom is -0.370 e. The van der Waals surface area contributed by atoms with Gasteiger partial charge in [0.15, 0.2) is 0 Å². The quantitative estimate of drug-likeness (QED) is 0.787. The predicted octanol–water partition coefficient (Wildman–Crippen LogP) is 1.55. The molecule has 1 N–H and O–H groups in total. The smallest absolute Gasteiger partial charge is 0.223 e. The minimum absolute atomic E-state index is 0.0270. The zero-order valence-electron chi connectivity index (χ0n) is 17.4. The summed E-state index contributed by atoms with van der Waals surface area (Å²) in [6.07, 6.45) is 2.35. The highest BCUT2D eigenvalue weighted by molar-refractivity contribution is 5.76. The molecule has 1 fully saturated rings. The molecule has 0 aliphatic carbocycles. The van der Waals surface area contributed by atoms with Gasteiger partial charge in [-0.3, -0.25) is 4.79 Å². The zero-order chi connectivity index (χ0) is 20.0. The molecule has 152 valence electrons. The number of rotatable bonds is 7. The summed E-state index contributed by atoms with van der Waals surface area (Å²) >= 11 is 0. The molecule has 1 amide bonds. The lowest BCUT2D eigenvalue weighted by atomic mass is 9.91. The van der Waals surface area contributed by atoms with Gasteiger partial charge in [-0.05, 0) is 23.6 Å². The Morgan fingerprint density at radius 2 is 1.89 bits per heavy atom. The number of carbonyl (C=O) groups is 1. The van der Waals surface area contributed by atoms with Crippen molar-refractivity contribution in [3.8, 4) is 5.69 Å². The summed E-state index contributed by atoms with van der Waals surface area (Å²) in [5.74, 6) is 0.209. The molecule has 1 saturated heterocycles. The minimum atomic E-state index is -0.0270. The third-order valence-electron chi connectivity index (χ3n) is 5.04. The van der Waals surface area contributed by atoms with Crippen molar-refractivity contribution in [2.24, 2.45) is 5.41 Å². The number of aromatic nitrogens is 2. The number of carbonyl (C=O) groups excluding carboxylic acids is 1. The van der Waals surface area contributed by atoms with Crippen molar-refractivity contribution >= 4 is 5.91 Å². The Bertz CT molecular complexity index is 745. The van der Waals surface area contributed by atoms with Crippen molar-refractivity contribution in [1.29, 1.82) is 0 Å². The normalized spacial score (nSPS) is 15.5. The largest absolute Gasteiger partial charge is 0.370 e. The average molecular weight is 386 g/mol. The fourth-order valence-electron chi connectivity index (χ4n) is 3.51. The molecule has 1 aromatic carbocycles. The summed E-state index contributed by atoms with van der Waals surface area (Å²) in [5, 5.41) is 4.48. The Morgan fingerprint density at radius 1 is 1.18 bits per heavy atom. The highest BCUT2D eigenvalue weighted by atomic mass is 16.5. The molecule has 0 bridgehead atoms. The maximum atomic E-state index is 13.1. The monoisotopic (exact) mass is 385 g/mol. The summed E-state index contributed by atoms with van der Waals surface area (Å²) < 4.78 is 7.39. The molecule has 2 aromatic rings. The summed E-state index contributed by atoms with van der Waals surface area (Å²) in [6.45, 7) is 12.3. The maximum Gasteiger partial charge on any atom is 0.223 e. The van der Waals surface area contributed by atoms with Crippen molar-refractivity contribution in [3.05, 3.63) is 48.3 Å². The number of ether oxygens (including phenoxy) is 1. The molecule has 6 nitrogen and oxygen atoms in total. The topological polar surface area (TPSA) is 51.8 Å². The van der Waals surface area contributed by atoms with Gasteiger partial charge in [-0.1, -0.05) is 39.0 Å². The molecular formula is C22H33N4O2+. The van der Waals surface area contributed by atoms with Crippen LogP contribution in [0.5, 0.6) is 0 Å². The molecule has 28 heavy (non-hydrogen) atoms. The Kier molecular flexibility index (Phi) is 6.86. The molecular weight excluding hydrogens is 352 g/mol. The van der Waals surface area contributed by atoms with E-state index in [1.54, 1.807) is 0 Å². The van der Waals surface area contributed by atoms with Crippen LogP contribution in [0.4, 0.5) is 0 Å². The molecule has 1 aromatic heterocycles. The maximum absolute atomic E-state index is 13.1. The number of nitrogens with one attached hydrogen (secondary N) is 1. The fraction of sp³-hybridized carbons (Fsp3) is 0.545. The van der Waals surface area contributed by atoms with Crippen LogP contribution in [0.3, 0.4) is 0 Å². The SMILES string of the molecule is CC(C)(C)CC(=O)N(CC[NH+]1CCOCC1)Cc1ccnn1-c1ccccc1. The van der Waals surface area contributed by atoms with E-state index >= 15 is 0 Å². The van der Waals surface area contributed by atoms with Crippen LogP contribution in [-0.4, -0.2) is 60.0 Å². The van der Waals surface area contributed by atoms with Gasteiger partial charge in [0.1, 0.15) is 13.1 Å². The molecule has 0 saturated carbocycles. The van der Waals surface area contributed by atoms with Crippen molar-refractivity contribution in [3.63, 3.8) is 0 Å². The summed E-state index contributed by atoms with van der Waals surface area (Å²) in [5.41, 5.74) is 2.02. The Labute approximate surface area is 168 Å². The average Bonchev–Trinajstić information content (AvgIpc) is 3.13. The standard InChI is InChI=1S/C22H32N4O2/c1-22(2,3)17-21(27)25(12-11-24-13-15-28-16-14-24)18-20-9-10-23-26(20)19-7-5-4-6-8-19/h4-10H,11-18H2,1-3H3/p+1. The summed E-state index contributed by atoms with van der Waals surface area (Å²) in [6, 6.07) is 12.1. The highest BCUT2D eigenvalue weighted by Gasteiger charge is 2.24. The van der Waals surface area contributed by atoms with Crippen molar-refractivity contribution in [2.75, 3.05) is 39.4 Å². The first-order valence-electron chi connectivity index (χ1n) is 10.2. The van der Waals surface area contributed by atoms with Crippen LogP contribution in [0.1, 0.15) is 32.9 Å². The highest BCUT2D eigenvalue weighted by Crippen LogP contribution is 2.21. The number of hydrogen-bond donors (Lipinski definition) is 1. The lowest BCUT2D eigenvalue weighted by Crippen LogP contribution is -3.14. The number of amides is 1. The zero-order valence-corrected chi connectivity index (χ0v) is 17.4. The molecule has 6 heteroatoms. The number of morpholine rings is 1. The Hall–Kier alpha value is -2.18. The van der Waals surface area contributed by atoms with E-state index in [0.717, 1.165) is 50.8 Å². The number of benzene rings is 1. The molecule has 0 unspecified atom stereocenters. The van der Waals surface area contributed by atoms with E-state index in [4.69, 9.17) is 4.74 Å². The van der Waals surface area contributed by atoms with Crippen LogP contribution >= 0.6 is 0 Å². The molecule has 1 aliphatic heterocycles. The van der Waals surface area contributed by atoms with Crippen molar-refractivity contribution < 1.29 is 14.4 Å². The lowest BCUT2D eigenvalue weighted by Gasteiger charge is -2.30. The molecule has 0 spiro atoms. The van der Waals surface area contributed by atoms with Crippen molar-refractivity contribution in [1.82, 2.24) is 14.7 Å². The first-order chi connectivity index (χ1) is 13.4. The van der Waals surface area contributed by atoms with E-state index in [1.807, 2.05) is 52.2 Å². The van der Waals surface area contributed by atoms with Gasteiger partial charge in [0.2, 0.25) is 5.91 Å². The number of para-hydroxylation sites is 1. The molecule has 2 heterocycles. The lowest BCUT2D eigenvalue weighted by molar-refractivity contribution is -0.907. The van der Waals surface area contributed by atoms with E-state index in [0.29, 0.717) is 13.0 Å². The van der Waals surface area contributed by atoms with E-state index in [2.05, 4.69) is 25.9 Å². The van der Waals surface area contributed by atoms with Gasteiger partial charge in [-0.15, -0.1) is 0 Å². The van der Waals surface area contributed by atoms with Crippen LogP contribution in [-0.2, 0) is 16.1 Å². The van der Waals surface area contributed by atoms with Gasteiger partial charge in [0.25, 0.3) is 0 Å². The van der Waals surface area contributed by atoms with Crippen LogP contribution in [0.2, 0.25) is 0 Å². The van der Waals surface area contributed by atoms with Gasteiger partial charge in [-0.2, -0.15) is 5.10 Å². The van der Waals surface area contributed by atoms with E-state index < -0.39 is 0 Å². The first kappa shape index (κ1) is 20.6. The van der Waals surface area contributed by atoms with Gasteiger partial charge >= 0.3 is 0 Å². The molecule has 1 aliphatic rings. The molecule has 0 atom stereocenters. The second-order valence-electron chi connectivity index (χ2n) is 8.74. The molecule has 0 radical (unpaired) electrons. The fourth-order valence-corrected chi connectivity index (χ4v) is 3.51. The second-order valence-corrected chi connectivity index (χ2v) is 8.74. The van der Waals surface area contributed by atoms with Gasteiger partial charge in [0.05, 0.1) is 44.2 Å². The first-order valence-corrected chi connectivity index (χ1v) is 10.2. The van der Waals surface area contributed by atoms with Crippen LogP contribution in [0.15, 0.2) is 42.6 Å². The third kappa shape index (κ3) is 5.91. The van der Waals surface area contributed by atoms with Gasteiger partial charge in [0, 0.05) is 12.6 Å². The Morgan fingerprint density at radius 3 is 2.57 bits per heavy atom. The third-order valence-corrected chi connectivity index (χ3v) is 5.04. The summed E-state index contributed by atoms with van der Waals surface area (Å²) in [4.78, 5) is 16.6. The molecule has 3 rings (SSSR count). The van der Waals surface area contributed by atoms with Crippen LogP contribution in [0.25, 0.3) is 5.69 Å². The van der Waals surface area contributed by atoms with Gasteiger partial charge in [-0.25, -0.2) is 4.68 Å². The predicted molar refractivity (Wildman–Crippen MR) is 109 cm³/mol. The summed E-state index contributed by atoms with van der Waals surface area (Å²) in [7, 11) is 0. The Balaban J connectivity index is 1.73. The van der Waals surface area contributed by atoms with Crippen LogP contribution < -0.4 is 4.90 Å². The number of hydrogen-bond acceptors (Lipinski definition) is 3.